The Balaban J connectivity index is 1.62. The molecule has 0 atom stereocenters. The summed E-state index contributed by atoms with van der Waals surface area (Å²) in [5, 5.41) is 4.93. The Bertz CT molecular complexity index is 985. The summed E-state index contributed by atoms with van der Waals surface area (Å²) in [5.41, 5.74) is 0.581. The van der Waals surface area contributed by atoms with E-state index in [0.717, 1.165) is 11.8 Å². The number of H-pyrrole nitrogens is 1. The summed E-state index contributed by atoms with van der Waals surface area (Å²) in [6.45, 7) is 1.90. The molecule has 0 unspecified atom stereocenters. The van der Waals surface area contributed by atoms with E-state index in [-0.39, 0.29) is 10.2 Å². The van der Waals surface area contributed by atoms with Gasteiger partial charge in [0.15, 0.2) is 0 Å². The van der Waals surface area contributed by atoms with E-state index in [1.54, 1.807) is 30.5 Å². The highest BCUT2D eigenvalue weighted by Crippen LogP contribution is 2.36. The van der Waals surface area contributed by atoms with Crippen molar-refractivity contribution < 1.29 is 22.7 Å². The summed E-state index contributed by atoms with van der Waals surface area (Å²) in [4.78, 5) is 15.1. The van der Waals surface area contributed by atoms with Gasteiger partial charge in [-0.25, -0.2) is 4.79 Å². The zero-order valence-corrected chi connectivity index (χ0v) is 16.1. The SMILES string of the molecule is Cc1cc(Oc2ccc(NC(=O)Nc3ccc(Br)c(C(F)(F)F)c3)cc2)c[nH]1. The molecule has 2 aromatic carbocycles. The van der Waals surface area contributed by atoms with Crippen LogP contribution in [0.3, 0.4) is 0 Å². The first kappa shape index (κ1) is 19.8. The van der Waals surface area contributed by atoms with Crippen molar-refractivity contribution in [3.8, 4) is 11.5 Å². The fourth-order valence-electron chi connectivity index (χ4n) is 2.40. The number of benzene rings is 2. The van der Waals surface area contributed by atoms with Crippen molar-refractivity contribution in [3.05, 3.63) is 70.5 Å². The third kappa shape index (κ3) is 5.07. The van der Waals surface area contributed by atoms with Gasteiger partial charge in [0.1, 0.15) is 11.5 Å². The first-order valence-electron chi connectivity index (χ1n) is 8.08. The lowest BCUT2D eigenvalue weighted by atomic mass is 10.2. The van der Waals surface area contributed by atoms with Crippen LogP contribution in [0, 0.1) is 6.92 Å². The normalized spacial score (nSPS) is 11.2. The number of aryl methyl sites for hydroxylation is 1. The van der Waals surface area contributed by atoms with Crippen LogP contribution < -0.4 is 15.4 Å². The maximum atomic E-state index is 12.9. The van der Waals surface area contributed by atoms with Crippen LogP contribution >= 0.6 is 15.9 Å². The Morgan fingerprint density at radius 1 is 1.00 bits per heavy atom. The fraction of sp³-hybridized carbons (Fsp3) is 0.105. The maximum Gasteiger partial charge on any atom is 0.417 e. The minimum absolute atomic E-state index is 0.0239. The fourth-order valence-corrected chi connectivity index (χ4v) is 2.87. The van der Waals surface area contributed by atoms with Crippen LogP contribution in [-0.4, -0.2) is 11.0 Å². The summed E-state index contributed by atoms with van der Waals surface area (Å²) in [6.07, 6.45) is -2.80. The van der Waals surface area contributed by atoms with Crippen LogP contribution in [0.15, 0.2) is 59.2 Å². The van der Waals surface area contributed by atoms with E-state index in [2.05, 4.69) is 31.5 Å². The predicted molar refractivity (Wildman–Crippen MR) is 104 cm³/mol. The lowest BCUT2D eigenvalue weighted by Gasteiger charge is -2.12. The molecule has 0 aliphatic heterocycles. The molecule has 0 fully saturated rings. The predicted octanol–water partition coefficient (Wildman–Crippen LogP) is 6.54. The second-order valence-corrected chi connectivity index (χ2v) is 6.77. The van der Waals surface area contributed by atoms with E-state index in [0.29, 0.717) is 17.2 Å². The third-order valence-electron chi connectivity index (χ3n) is 3.68. The number of hydrogen-bond acceptors (Lipinski definition) is 2. The smallest absolute Gasteiger partial charge is 0.417 e. The molecule has 3 aromatic rings. The number of aromatic nitrogens is 1. The van der Waals surface area contributed by atoms with Crippen molar-refractivity contribution in [2.24, 2.45) is 0 Å². The van der Waals surface area contributed by atoms with Gasteiger partial charge in [0.05, 0.1) is 5.56 Å². The second kappa shape index (κ2) is 7.97. The number of aromatic amines is 1. The van der Waals surface area contributed by atoms with Gasteiger partial charge in [0.2, 0.25) is 0 Å². The largest absolute Gasteiger partial charge is 0.456 e. The van der Waals surface area contributed by atoms with Gasteiger partial charge in [-0.15, -0.1) is 0 Å². The molecular formula is C19H15BrF3N3O2. The lowest BCUT2D eigenvalue weighted by Crippen LogP contribution is -2.19. The molecule has 0 radical (unpaired) electrons. The number of halogens is 4. The van der Waals surface area contributed by atoms with Crippen molar-refractivity contribution in [1.29, 1.82) is 0 Å². The molecule has 3 rings (SSSR count). The number of hydrogen-bond donors (Lipinski definition) is 3. The number of carbonyl (C=O) groups is 1. The van der Waals surface area contributed by atoms with E-state index in [9.17, 15) is 18.0 Å². The molecule has 3 N–H and O–H groups in total. The average Bonchev–Trinajstić information content (AvgIpc) is 3.02. The molecule has 0 aliphatic carbocycles. The van der Waals surface area contributed by atoms with Crippen LogP contribution in [0.4, 0.5) is 29.3 Å². The maximum absolute atomic E-state index is 12.9. The Morgan fingerprint density at radius 2 is 1.64 bits per heavy atom. The van der Waals surface area contributed by atoms with Crippen molar-refractivity contribution in [2.75, 3.05) is 10.6 Å². The van der Waals surface area contributed by atoms with Crippen molar-refractivity contribution >= 4 is 33.3 Å². The quantitative estimate of drug-likeness (QED) is 0.419. The topological polar surface area (TPSA) is 66.2 Å². The van der Waals surface area contributed by atoms with Gasteiger partial charge < -0.3 is 20.4 Å². The molecule has 2 amide bonds. The van der Waals surface area contributed by atoms with Crippen LogP contribution in [0.1, 0.15) is 11.3 Å². The van der Waals surface area contributed by atoms with Gasteiger partial charge >= 0.3 is 12.2 Å². The van der Waals surface area contributed by atoms with Crippen molar-refractivity contribution in [2.45, 2.75) is 13.1 Å². The summed E-state index contributed by atoms with van der Waals surface area (Å²) in [5.74, 6) is 1.24. The summed E-state index contributed by atoms with van der Waals surface area (Å²) in [6, 6.07) is 11.2. The third-order valence-corrected chi connectivity index (χ3v) is 4.37. The molecule has 9 heteroatoms. The molecule has 0 saturated carbocycles. The van der Waals surface area contributed by atoms with E-state index in [1.807, 2.05) is 13.0 Å². The molecule has 1 aromatic heterocycles. The molecular weight excluding hydrogens is 439 g/mol. The molecule has 1 heterocycles. The van der Waals surface area contributed by atoms with Gasteiger partial charge in [-0.2, -0.15) is 13.2 Å². The number of amides is 2. The Kier molecular flexibility index (Phi) is 5.64. The minimum atomic E-state index is -4.53. The number of nitrogens with one attached hydrogen (secondary N) is 3. The molecule has 0 spiro atoms. The lowest BCUT2D eigenvalue weighted by molar-refractivity contribution is -0.138. The first-order chi connectivity index (χ1) is 13.2. The van der Waals surface area contributed by atoms with Gasteiger partial charge in [-0.3, -0.25) is 0 Å². The number of rotatable bonds is 4. The number of carbonyl (C=O) groups excluding carboxylic acids is 1. The molecule has 0 saturated heterocycles. The first-order valence-corrected chi connectivity index (χ1v) is 8.88. The van der Waals surface area contributed by atoms with Crippen LogP contribution in [0.2, 0.25) is 0 Å². The Morgan fingerprint density at radius 3 is 2.25 bits per heavy atom. The second-order valence-electron chi connectivity index (χ2n) is 5.92. The van der Waals surface area contributed by atoms with Gasteiger partial charge in [-0.05, 0) is 49.4 Å². The standard InChI is InChI=1S/C19H15BrF3N3O2/c1-11-8-15(10-24-11)28-14-5-2-12(3-6-14)25-18(27)26-13-4-7-17(20)16(9-13)19(21,22)23/h2-10,24H,1H3,(H2,25,26,27). The summed E-state index contributed by atoms with van der Waals surface area (Å²) < 4.78 is 44.4. The van der Waals surface area contributed by atoms with Gasteiger partial charge in [0.25, 0.3) is 0 Å². The van der Waals surface area contributed by atoms with E-state index in [4.69, 9.17) is 4.74 Å². The molecule has 0 bridgehead atoms. The van der Waals surface area contributed by atoms with Crippen LogP contribution in [-0.2, 0) is 6.18 Å². The Hall–Kier alpha value is -2.94. The summed E-state index contributed by atoms with van der Waals surface area (Å²) >= 11 is 2.86. The average molecular weight is 454 g/mol. The highest BCUT2D eigenvalue weighted by Gasteiger charge is 2.33. The number of ether oxygens (including phenoxy) is 1. The van der Waals surface area contributed by atoms with Crippen molar-refractivity contribution in [3.63, 3.8) is 0 Å². The van der Waals surface area contributed by atoms with Crippen LogP contribution in [0.5, 0.6) is 11.5 Å². The minimum Gasteiger partial charge on any atom is -0.456 e. The monoisotopic (exact) mass is 453 g/mol. The highest BCUT2D eigenvalue weighted by molar-refractivity contribution is 9.10. The number of anilines is 2. The zero-order valence-electron chi connectivity index (χ0n) is 14.5. The van der Waals surface area contributed by atoms with E-state index >= 15 is 0 Å². The zero-order chi connectivity index (χ0) is 20.3. The highest BCUT2D eigenvalue weighted by atomic mass is 79.9. The van der Waals surface area contributed by atoms with Crippen molar-refractivity contribution in [1.82, 2.24) is 4.98 Å². The summed E-state index contributed by atoms with van der Waals surface area (Å²) in [7, 11) is 0. The van der Waals surface area contributed by atoms with E-state index < -0.39 is 17.8 Å². The number of urea groups is 1. The van der Waals surface area contributed by atoms with Crippen LogP contribution in [0.25, 0.3) is 0 Å². The van der Waals surface area contributed by atoms with E-state index in [1.165, 1.54) is 12.1 Å². The molecule has 0 aliphatic rings. The van der Waals surface area contributed by atoms with Gasteiger partial charge in [-0.1, -0.05) is 15.9 Å². The molecule has 146 valence electrons. The number of alkyl halides is 3. The van der Waals surface area contributed by atoms with Gasteiger partial charge in [0, 0.05) is 33.8 Å². The Labute approximate surface area is 167 Å². The molecule has 28 heavy (non-hydrogen) atoms. The molecule has 5 nitrogen and oxygen atoms in total.